The van der Waals surface area contributed by atoms with E-state index in [1.54, 1.807) is 12.1 Å². The molecule has 0 saturated heterocycles. The first-order chi connectivity index (χ1) is 9.42. The molecule has 0 aliphatic heterocycles. The Hall–Kier alpha value is 0.250. The second kappa shape index (κ2) is 7.01. The van der Waals surface area contributed by atoms with E-state index in [-0.39, 0.29) is 16.0 Å². The van der Waals surface area contributed by atoms with Gasteiger partial charge in [-0.3, -0.25) is 0 Å². The Balaban J connectivity index is 2.08. The van der Waals surface area contributed by atoms with Gasteiger partial charge >= 0.3 is 0 Å². The van der Waals surface area contributed by atoms with Crippen molar-refractivity contribution in [3.63, 3.8) is 0 Å². The fourth-order valence-electron chi connectivity index (χ4n) is 2.39. The Labute approximate surface area is 138 Å². The van der Waals surface area contributed by atoms with Crippen molar-refractivity contribution in [2.75, 3.05) is 6.26 Å². The van der Waals surface area contributed by atoms with Crippen molar-refractivity contribution in [1.29, 1.82) is 0 Å². The largest absolute Gasteiger partial charge is 0.242 e. The summed E-state index contributed by atoms with van der Waals surface area (Å²) in [6.45, 7) is 0. The smallest absolute Gasteiger partial charge is 0.208 e. The van der Waals surface area contributed by atoms with Gasteiger partial charge in [0.1, 0.15) is 4.90 Å². The minimum atomic E-state index is -3.54. The number of rotatable bonds is 4. The van der Waals surface area contributed by atoms with Gasteiger partial charge in [0.2, 0.25) is 10.0 Å². The zero-order valence-corrected chi connectivity index (χ0v) is 15.1. The molecule has 20 heavy (non-hydrogen) atoms. The summed E-state index contributed by atoms with van der Waals surface area (Å²) in [6, 6.07) is 4.83. The summed E-state index contributed by atoms with van der Waals surface area (Å²) in [5.41, 5.74) is 0. The molecule has 0 heterocycles. The average molecular weight is 399 g/mol. The molecule has 0 bridgehead atoms. The van der Waals surface area contributed by atoms with E-state index in [2.05, 4.69) is 26.9 Å². The predicted molar refractivity (Wildman–Crippen MR) is 89.0 cm³/mol. The highest BCUT2D eigenvalue weighted by Crippen LogP contribution is 2.29. The van der Waals surface area contributed by atoms with Gasteiger partial charge < -0.3 is 0 Å². The Kier molecular flexibility index (Phi) is 5.82. The molecule has 1 aliphatic carbocycles. The van der Waals surface area contributed by atoms with Crippen LogP contribution < -0.4 is 4.72 Å². The van der Waals surface area contributed by atoms with Crippen LogP contribution in [0.2, 0.25) is 5.02 Å². The lowest BCUT2D eigenvalue weighted by Gasteiger charge is -2.27. The number of nitrogens with one attached hydrogen (secondary N) is 1. The van der Waals surface area contributed by atoms with Gasteiger partial charge in [-0.05, 0) is 50.1 Å². The molecule has 0 radical (unpaired) electrons. The zero-order chi connectivity index (χ0) is 14.8. The van der Waals surface area contributed by atoms with Crippen molar-refractivity contribution < 1.29 is 8.42 Å². The molecule has 0 unspecified atom stereocenters. The maximum absolute atomic E-state index is 12.4. The molecular formula is C13H17BrClNO2S2. The molecule has 3 nitrogen and oxygen atoms in total. The molecule has 0 spiro atoms. The van der Waals surface area contributed by atoms with Crippen molar-refractivity contribution in [2.45, 2.75) is 41.9 Å². The molecule has 2 rings (SSSR count). The Morgan fingerprint density at radius 3 is 2.50 bits per heavy atom. The van der Waals surface area contributed by atoms with Crippen LogP contribution in [-0.2, 0) is 10.0 Å². The van der Waals surface area contributed by atoms with Gasteiger partial charge in [-0.25, -0.2) is 13.1 Å². The number of thioether (sulfide) groups is 1. The Morgan fingerprint density at radius 2 is 1.95 bits per heavy atom. The van der Waals surface area contributed by atoms with Crippen molar-refractivity contribution in [1.82, 2.24) is 4.72 Å². The maximum atomic E-state index is 12.4. The molecule has 1 aliphatic rings. The van der Waals surface area contributed by atoms with Crippen LogP contribution in [0.15, 0.2) is 27.6 Å². The van der Waals surface area contributed by atoms with E-state index in [4.69, 9.17) is 11.6 Å². The highest BCUT2D eigenvalue weighted by Gasteiger charge is 2.26. The third kappa shape index (κ3) is 4.13. The second-order valence-corrected chi connectivity index (χ2v) is 9.05. The first-order valence-corrected chi connectivity index (χ1v) is 10.4. The van der Waals surface area contributed by atoms with Crippen molar-refractivity contribution in [3.05, 3.63) is 27.7 Å². The van der Waals surface area contributed by atoms with E-state index in [1.165, 1.54) is 6.07 Å². The highest BCUT2D eigenvalue weighted by molar-refractivity contribution is 9.10. The fraction of sp³-hybridized carbons (Fsp3) is 0.538. The Bertz CT molecular complexity index is 572. The van der Waals surface area contributed by atoms with Gasteiger partial charge in [0.25, 0.3) is 0 Å². The summed E-state index contributed by atoms with van der Waals surface area (Å²) in [7, 11) is -3.54. The molecular weight excluding hydrogens is 382 g/mol. The minimum Gasteiger partial charge on any atom is -0.208 e. The van der Waals surface area contributed by atoms with Crippen LogP contribution in [0.1, 0.15) is 25.7 Å². The van der Waals surface area contributed by atoms with Gasteiger partial charge in [0.15, 0.2) is 0 Å². The second-order valence-electron chi connectivity index (χ2n) is 4.91. The minimum absolute atomic E-state index is 0.0168. The molecule has 1 fully saturated rings. The molecule has 1 N–H and O–H groups in total. The van der Waals surface area contributed by atoms with Crippen LogP contribution in [-0.4, -0.2) is 26.0 Å². The fourth-order valence-corrected chi connectivity index (χ4v) is 5.48. The average Bonchev–Trinajstić information content (AvgIpc) is 2.38. The van der Waals surface area contributed by atoms with Gasteiger partial charge in [-0.2, -0.15) is 11.8 Å². The van der Waals surface area contributed by atoms with Crippen molar-refractivity contribution in [3.8, 4) is 0 Å². The molecule has 1 aromatic carbocycles. The molecule has 1 aromatic rings. The normalized spacial score (nSPS) is 23.8. The maximum Gasteiger partial charge on any atom is 0.242 e. The monoisotopic (exact) mass is 397 g/mol. The predicted octanol–water partition coefficient (Wildman–Crippen LogP) is 4.06. The van der Waals surface area contributed by atoms with Crippen molar-refractivity contribution >= 4 is 49.3 Å². The number of sulfonamides is 1. The van der Waals surface area contributed by atoms with E-state index in [1.807, 2.05) is 11.8 Å². The van der Waals surface area contributed by atoms with Gasteiger partial charge in [0, 0.05) is 15.8 Å². The lowest BCUT2D eigenvalue weighted by atomic mass is 9.96. The van der Waals surface area contributed by atoms with Crippen LogP contribution in [0.4, 0.5) is 0 Å². The van der Waals surface area contributed by atoms with Crippen LogP contribution in [0.25, 0.3) is 0 Å². The van der Waals surface area contributed by atoms with E-state index in [9.17, 15) is 8.42 Å². The van der Waals surface area contributed by atoms with Gasteiger partial charge in [-0.1, -0.05) is 27.5 Å². The lowest BCUT2D eigenvalue weighted by molar-refractivity contribution is 0.420. The van der Waals surface area contributed by atoms with Gasteiger partial charge in [-0.15, -0.1) is 0 Å². The van der Waals surface area contributed by atoms with Crippen LogP contribution in [0.3, 0.4) is 0 Å². The standard InChI is InChI=1S/C13H17BrClNO2S2/c1-19-11-5-3-10(4-6-11)16-20(17,18)13-7-2-9(14)8-12(13)15/h2,7-8,10-11,16H,3-6H2,1H3. The van der Waals surface area contributed by atoms with E-state index in [0.29, 0.717) is 5.25 Å². The third-order valence-corrected chi connectivity index (χ3v) is 7.15. The summed E-state index contributed by atoms with van der Waals surface area (Å²) in [6.07, 6.45) is 6.00. The van der Waals surface area contributed by atoms with E-state index < -0.39 is 10.0 Å². The lowest BCUT2D eigenvalue weighted by Crippen LogP contribution is -2.38. The summed E-state index contributed by atoms with van der Waals surface area (Å²) in [5.74, 6) is 0. The summed E-state index contributed by atoms with van der Waals surface area (Å²) in [5, 5.41) is 0.900. The molecule has 0 aromatic heterocycles. The van der Waals surface area contributed by atoms with E-state index >= 15 is 0 Å². The Morgan fingerprint density at radius 1 is 1.30 bits per heavy atom. The molecule has 0 amide bonds. The van der Waals surface area contributed by atoms with E-state index in [0.717, 1.165) is 30.2 Å². The quantitative estimate of drug-likeness (QED) is 0.832. The third-order valence-electron chi connectivity index (χ3n) is 3.51. The highest BCUT2D eigenvalue weighted by atomic mass is 79.9. The molecule has 0 atom stereocenters. The summed E-state index contributed by atoms with van der Waals surface area (Å²) in [4.78, 5) is 0.148. The van der Waals surface area contributed by atoms with Gasteiger partial charge in [0.05, 0.1) is 5.02 Å². The topological polar surface area (TPSA) is 46.2 Å². The zero-order valence-electron chi connectivity index (χ0n) is 11.1. The number of hydrogen-bond donors (Lipinski definition) is 1. The van der Waals surface area contributed by atoms with Crippen LogP contribution >= 0.6 is 39.3 Å². The van der Waals surface area contributed by atoms with Crippen molar-refractivity contribution in [2.24, 2.45) is 0 Å². The van der Waals surface area contributed by atoms with Crippen LogP contribution in [0, 0.1) is 0 Å². The first-order valence-electron chi connectivity index (χ1n) is 6.42. The molecule has 1 saturated carbocycles. The number of halogens is 2. The SMILES string of the molecule is CSC1CCC(NS(=O)(=O)c2ccc(Br)cc2Cl)CC1. The number of hydrogen-bond acceptors (Lipinski definition) is 3. The summed E-state index contributed by atoms with van der Waals surface area (Å²) >= 11 is 11.2. The molecule has 7 heteroatoms. The first kappa shape index (κ1) is 16.6. The number of benzene rings is 1. The van der Waals surface area contributed by atoms with Crippen LogP contribution in [0.5, 0.6) is 0 Å². The molecule has 112 valence electrons. The summed E-state index contributed by atoms with van der Waals surface area (Å²) < 4.78 is 28.3.